The minimum Gasteiger partial charge on any atom is -0.451 e. The maximum absolute atomic E-state index is 12.6. The van der Waals surface area contributed by atoms with Crippen LogP contribution in [0.3, 0.4) is 0 Å². The van der Waals surface area contributed by atoms with Crippen molar-refractivity contribution in [1.82, 2.24) is 4.98 Å². The van der Waals surface area contributed by atoms with Crippen LogP contribution in [0.4, 0.5) is 5.13 Å². The molecule has 0 aliphatic heterocycles. The third-order valence-electron chi connectivity index (χ3n) is 4.10. The summed E-state index contributed by atoms with van der Waals surface area (Å²) >= 11 is 1.48. The first kappa shape index (κ1) is 14.9. The molecule has 120 valence electrons. The number of benzene rings is 2. The lowest BCUT2D eigenvalue weighted by Crippen LogP contribution is -2.11. The van der Waals surface area contributed by atoms with Crippen molar-refractivity contribution in [2.75, 3.05) is 5.32 Å². The Balaban J connectivity index is 1.70. The van der Waals surface area contributed by atoms with Crippen LogP contribution in [0.15, 0.2) is 40.8 Å². The number of thiazole rings is 1. The molecular weight excluding hydrogens is 320 g/mol. The second-order valence-corrected chi connectivity index (χ2v) is 6.98. The Kier molecular flexibility index (Phi) is 3.39. The van der Waals surface area contributed by atoms with Gasteiger partial charge in [0.05, 0.1) is 10.2 Å². The number of amides is 1. The van der Waals surface area contributed by atoms with Crippen LogP contribution in [0.5, 0.6) is 0 Å². The maximum atomic E-state index is 12.6. The van der Waals surface area contributed by atoms with Gasteiger partial charge in [0.15, 0.2) is 10.9 Å². The smallest absolute Gasteiger partial charge is 0.293 e. The zero-order chi connectivity index (χ0) is 16.8. The van der Waals surface area contributed by atoms with Crippen LogP contribution < -0.4 is 5.32 Å². The number of fused-ring (bicyclic) bond motifs is 2. The Morgan fingerprint density at radius 1 is 1.17 bits per heavy atom. The molecular formula is C19H16N2O2S. The minimum atomic E-state index is -0.267. The number of hydrogen-bond donors (Lipinski definition) is 1. The predicted molar refractivity (Wildman–Crippen MR) is 98.0 cm³/mol. The zero-order valence-electron chi connectivity index (χ0n) is 13.6. The van der Waals surface area contributed by atoms with Crippen molar-refractivity contribution < 1.29 is 9.21 Å². The number of carbonyl (C=O) groups excluding carboxylic acids is 1. The summed E-state index contributed by atoms with van der Waals surface area (Å²) < 4.78 is 6.79. The fourth-order valence-electron chi connectivity index (χ4n) is 2.97. The van der Waals surface area contributed by atoms with E-state index < -0.39 is 0 Å². The van der Waals surface area contributed by atoms with E-state index in [2.05, 4.69) is 29.4 Å². The standard InChI is InChI=1S/C19H16N2O2S/c1-10-8-11(2)16-15(9-10)24-19(20-16)21-18(22)17-12(3)13-6-4-5-7-14(13)23-17/h4-9H,1-3H3,(H,20,21,22). The molecule has 0 bridgehead atoms. The number of nitrogens with zero attached hydrogens (tertiary/aromatic N) is 1. The normalized spacial score (nSPS) is 11.3. The minimum absolute atomic E-state index is 0.267. The average molecular weight is 336 g/mol. The summed E-state index contributed by atoms with van der Waals surface area (Å²) in [6.07, 6.45) is 0. The van der Waals surface area contributed by atoms with Gasteiger partial charge in [0.2, 0.25) is 0 Å². The van der Waals surface area contributed by atoms with Gasteiger partial charge in [0.25, 0.3) is 5.91 Å². The van der Waals surface area contributed by atoms with Crippen molar-refractivity contribution in [2.45, 2.75) is 20.8 Å². The third-order valence-corrected chi connectivity index (χ3v) is 5.02. The van der Waals surface area contributed by atoms with Gasteiger partial charge < -0.3 is 4.42 Å². The van der Waals surface area contributed by atoms with Crippen LogP contribution >= 0.6 is 11.3 Å². The van der Waals surface area contributed by atoms with Crippen molar-refractivity contribution in [1.29, 1.82) is 0 Å². The van der Waals surface area contributed by atoms with Crippen molar-refractivity contribution in [2.24, 2.45) is 0 Å². The maximum Gasteiger partial charge on any atom is 0.293 e. The van der Waals surface area contributed by atoms with Gasteiger partial charge in [-0.3, -0.25) is 10.1 Å². The fourth-order valence-corrected chi connectivity index (χ4v) is 4.01. The lowest BCUT2D eigenvalue weighted by Gasteiger charge is -1.99. The first-order valence-corrected chi connectivity index (χ1v) is 8.52. The van der Waals surface area contributed by atoms with Gasteiger partial charge in [-0.25, -0.2) is 4.98 Å². The summed E-state index contributed by atoms with van der Waals surface area (Å²) in [5.41, 5.74) is 4.80. The number of para-hydroxylation sites is 1. The topological polar surface area (TPSA) is 55.1 Å². The van der Waals surface area contributed by atoms with Crippen molar-refractivity contribution in [3.63, 3.8) is 0 Å². The molecule has 1 N–H and O–H groups in total. The Bertz CT molecular complexity index is 1090. The highest BCUT2D eigenvalue weighted by atomic mass is 32.1. The highest BCUT2D eigenvalue weighted by molar-refractivity contribution is 7.22. The van der Waals surface area contributed by atoms with E-state index in [0.29, 0.717) is 10.9 Å². The lowest BCUT2D eigenvalue weighted by molar-refractivity contribution is 0.0998. The molecule has 2 aromatic heterocycles. The van der Waals surface area contributed by atoms with E-state index in [1.165, 1.54) is 16.9 Å². The second-order valence-electron chi connectivity index (χ2n) is 5.95. The largest absolute Gasteiger partial charge is 0.451 e. The molecule has 0 aliphatic rings. The number of hydrogen-bond acceptors (Lipinski definition) is 4. The molecule has 2 aromatic carbocycles. The predicted octanol–water partition coefficient (Wildman–Crippen LogP) is 5.22. The van der Waals surface area contributed by atoms with Crippen LogP contribution in [0, 0.1) is 20.8 Å². The van der Waals surface area contributed by atoms with Crippen LogP contribution in [-0.2, 0) is 0 Å². The molecule has 4 aromatic rings. The van der Waals surface area contributed by atoms with E-state index in [1.54, 1.807) is 0 Å². The molecule has 0 atom stereocenters. The molecule has 0 radical (unpaired) electrons. The summed E-state index contributed by atoms with van der Waals surface area (Å²) in [7, 11) is 0. The quantitative estimate of drug-likeness (QED) is 0.546. The van der Waals surface area contributed by atoms with Gasteiger partial charge in [-0.1, -0.05) is 35.6 Å². The number of nitrogens with one attached hydrogen (secondary N) is 1. The summed E-state index contributed by atoms with van der Waals surface area (Å²) in [4.78, 5) is 17.1. The molecule has 0 saturated carbocycles. The molecule has 4 rings (SSSR count). The molecule has 24 heavy (non-hydrogen) atoms. The number of anilines is 1. The zero-order valence-corrected chi connectivity index (χ0v) is 14.5. The third kappa shape index (κ3) is 2.37. The molecule has 4 nitrogen and oxygen atoms in total. The van der Waals surface area contributed by atoms with E-state index >= 15 is 0 Å². The van der Waals surface area contributed by atoms with Crippen molar-refractivity contribution in [3.05, 3.63) is 58.8 Å². The lowest BCUT2D eigenvalue weighted by atomic mass is 10.1. The van der Waals surface area contributed by atoms with Crippen LogP contribution in [-0.4, -0.2) is 10.9 Å². The molecule has 1 amide bonds. The molecule has 0 saturated heterocycles. The Morgan fingerprint density at radius 2 is 1.96 bits per heavy atom. The van der Waals surface area contributed by atoms with Crippen molar-refractivity contribution in [3.8, 4) is 0 Å². The van der Waals surface area contributed by atoms with Crippen molar-refractivity contribution >= 4 is 43.6 Å². The Labute approximate surface area is 143 Å². The summed E-state index contributed by atoms with van der Waals surface area (Å²) in [5, 5.41) is 4.41. The monoisotopic (exact) mass is 336 g/mol. The Morgan fingerprint density at radius 3 is 2.75 bits per heavy atom. The van der Waals surface area contributed by atoms with Crippen LogP contribution in [0.2, 0.25) is 0 Å². The average Bonchev–Trinajstić information content (AvgIpc) is 3.09. The molecule has 2 heterocycles. The number of aryl methyl sites for hydroxylation is 3. The fraction of sp³-hybridized carbons (Fsp3) is 0.158. The summed E-state index contributed by atoms with van der Waals surface area (Å²) in [5.74, 6) is 0.0699. The first-order chi connectivity index (χ1) is 11.5. The molecule has 0 aliphatic carbocycles. The van der Waals surface area contributed by atoms with E-state index in [1.807, 2.05) is 38.1 Å². The first-order valence-electron chi connectivity index (χ1n) is 7.70. The number of furan rings is 1. The molecule has 0 unspecified atom stereocenters. The van der Waals surface area contributed by atoms with Gasteiger partial charge in [-0.2, -0.15) is 0 Å². The summed E-state index contributed by atoms with van der Waals surface area (Å²) in [6, 6.07) is 11.8. The number of rotatable bonds is 2. The Hall–Kier alpha value is -2.66. The van der Waals surface area contributed by atoms with Crippen LogP contribution in [0.1, 0.15) is 27.2 Å². The number of aromatic nitrogens is 1. The second kappa shape index (κ2) is 5.46. The van der Waals surface area contributed by atoms with Gasteiger partial charge in [0, 0.05) is 10.9 Å². The highest BCUT2D eigenvalue weighted by Crippen LogP contribution is 2.30. The highest BCUT2D eigenvalue weighted by Gasteiger charge is 2.19. The number of carbonyl (C=O) groups is 1. The SMILES string of the molecule is Cc1cc(C)c2nc(NC(=O)c3oc4ccccc4c3C)sc2c1. The van der Waals surface area contributed by atoms with E-state index in [4.69, 9.17) is 4.42 Å². The van der Waals surface area contributed by atoms with Gasteiger partial charge in [-0.05, 0) is 44.0 Å². The van der Waals surface area contributed by atoms with Gasteiger partial charge in [-0.15, -0.1) is 0 Å². The molecule has 0 fully saturated rings. The van der Waals surface area contributed by atoms with Gasteiger partial charge >= 0.3 is 0 Å². The van der Waals surface area contributed by atoms with Gasteiger partial charge in [0.1, 0.15) is 5.58 Å². The van der Waals surface area contributed by atoms with E-state index in [0.717, 1.165) is 32.3 Å². The molecule has 0 spiro atoms. The van der Waals surface area contributed by atoms with E-state index in [-0.39, 0.29) is 5.91 Å². The summed E-state index contributed by atoms with van der Waals surface area (Å²) in [6.45, 7) is 5.98. The van der Waals surface area contributed by atoms with Crippen LogP contribution in [0.25, 0.3) is 21.2 Å². The molecule has 5 heteroatoms. The van der Waals surface area contributed by atoms with E-state index in [9.17, 15) is 4.79 Å².